The van der Waals surface area contributed by atoms with Gasteiger partial charge < -0.3 is 19.1 Å². The van der Waals surface area contributed by atoms with Gasteiger partial charge in [-0.1, -0.05) is 17.7 Å². The van der Waals surface area contributed by atoms with Crippen LogP contribution in [-0.2, 0) is 14.3 Å². The minimum Gasteiger partial charge on any atom is -0.545 e. The zero-order chi connectivity index (χ0) is 21.1. The van der Waals surface area contributed by atoms with Gasteiger partial charge in [-0.25, -0.2) is 0 Å². The molecule has 2 heterocycles. The summed E-state index contributed by atoms with van der Waals surface area (Å²) in [6, 6.07) is 7.12. The van der Waals surface area contributed by atoms with Gasteiger partial charge in [-0.05, 0) is 48.5 Å². The van der Waals surface area contributed by atoms with E-state index in [-0.39, 0.29) is 33.6 Å². The van der Waals surface area contributed by atoms with Gasteiger partial charge >= 0.3 is 5.97 Å². The molecular weight excluding hydrogens is 422 g/mol. The summed E-state index contributed by atoms with van der Waals surface area (Å²) in [7, 11) is 0. The molecule has 1 fully saturated rings. The molecule has 1 aliphatic heterocycles. The second-order valence-corrected chi connectivity index (χ2v) is 7.16. The lowest BCUT2D eigenvalue weighted by molar-refractivity contribution is -0.255. The topological polar surface area (TPSA) is 117 Å². The number of hydrogen-bond donors (Lipinski definition) is 0. The summed E-state index contributed by atoms with van der Waals surface area (Å²) < 4.78 is 10.4. The minimum absolute atomic E-state index is 0.0672. The van der Waals surface area contributed by atoms with Crippen LogP contribution in [0.5, 0.6) is 0 Å². The van der Waals surface area contributed by atoms with E-state index in [9.17, 15) is 24.3 Å². The molecule has 1 saturated heterocycles. The first-order valence-electron chi connectivity index (χ1n) is 8.32. The summed E-state index contributed by atoms with van der Waals surface area (Å²) in [5, 5.41) is 10.7. The smallest absolute Gasteiger partial charge is 0.326 e. The lowest BCUT2D eigenvalue weighted by atomic mass is 10.1. The third-order valence-electron chi connectivity index (χ3n) is 3.83. The monoisotopic (exact) mass is 434 g/mol. The van der Waals surface area contributed by atoms with Crippen molar-refractivity contribution in [2.75, 3.05) is 13.2 Å². The van der Waals surface area contributed by atoms with Crippen LogP contribution in [0.2, 0.25) is 5.02 Å². The maximum absolute atomic E-state index is 12.4. The predicted molar refractivity (Wildman–Crippen MR) is 103 cm³/mol. The Morgan fingerprint density at radius 1 is 1.28 bits per heavy atom. The fraction of sp³-hybridized carbons (Fsp3) is 0.158. The highest BCUT2D eigenvalue weighted by atomic mass is 35.5. The van der Waals surface area contributed by atoms with E-state index >= 15 is 0 Å². The van der Waals surface area contributed by atoms with Crippen LogP contribution in [0.25, 0.3) is 17.4 Å². The van der Waals surface area contributed by atoms with Crippen LogP contribution in [0, 0.1) is 0 Å². The third kappa shape index (κ3) is 4.52. The van der Waals surface area contributed by atoms with Crippen molar-refractivity contribution in [3.63, 3.8) is 0 Å². The number of hydrogen-bond acceptors (Lipinski definition) is 8. The Balaban J connectivity index is 1.83. The van der Waals surface area contributed by atoms with Crippen LogP contribution in [-0.4, -0.2) is 41.1 Å². The Bertz CT molecular complexity index is 1040. The van der Waals surface area contributed by atoms with Crippen molar-refractivity contribution >= 4 is 52.5 Å². The number of ether oxygens (including phenoxy) is 1. The predicted octanol–water partition coefficient (Wildman–Crippen LogP) is 2.56. The summed E-state index contributed by atoms with van der Waals surface area (Å²) >= 11 is 6.78. The number of carbonyl (C=O) groups excluding carboxylic acids is 4. The molecular formula is C19H13ClNO7S-. The minimum atomic E-state index is -1.36. The van der Waals surface area contributed by atoms with Gasteiger partial charge in [0.2, 0.25) is 0 Å². The first kappa shape index (κ1) is 20.7. The van der Waals surface area contributed by atoms with E-state index in [1.807, 2.05) is 0 Å². The second kappa shape index (κ2) is 8.54. The number of benzene rings is 1. The molecule has 0 unspecified atom stereocenters. The number of furan rings is 1. The van der Waals surface area contributed by atoms with Gasteiger partial charge in [0.15, 0.2) is 0 Å². The number of carboxylic acid groups (broad SMARTS) is 1. The molecule has 0 atom stereocenters. The molecule has 2 amide bonds. The van der Waals surface area contributed by atoms with Crippen LogP contribution in [0.3, 0.4) is 0 Å². The number of carboxylic acids is 1. The Labute approximate surface area is 174 Å². The molecule has 0 spiro atoms. The molecule has 1 aromatic heterocycles. The fourth-order valence-electron chi connectivity index (χ4n) is 2.52. The maximum Gasteiger partial charge on any atom is 0.326 e. The highest BCUT2D eigenvalue weighted by molar-refractivity contribution is 8.18. The van der Waals surface area contributed by atoms with Crippen molar-refractivity contribution < 1.29 is 33.4 Å². The Morgan fingerprint density at radius 3 is 2.72 bits per heavy atom. The highest BCUT2D eigenvalue weighted by Gasteiger charge is 2.36. The molecule has 0 radical (unpaired) electrons. The molecule has 150 valence electrons. The lowest BCUT2D eigenvalue weighted by Crippen LogP contribution is -2.34. The van der Waals surface area contributed by atoms with E-state index in [4.69, 9.17) is 20.8 Å². The Kier molecular flexibility index (Phi) is 6.09. The molecule has 1 aromatic carbocycles. The van der Waals surface area contributed by atoms with Crippen molar-refractivity contribution in [2.24, 2.45) is 0 Å². The SMILES string of the molecule is CCOC(=O)CN1C(=O)S/C(=C\c2ccc(-c3cc(C(=O)[O-])ccc3Cl)o2)C1=O. The number of amides is 2. The number of aromatic carboxylic acids is 1. The summed E-state index contributed by atoms with van der Waals surface area (Å²) in [5.74, 6) is -2.15. The summed E-state index contributed by atoms with van der Waals surface area (Å²) in [6.45, 7) is 1.29. The first-order chi connectivity index (χ1) is 13.8. The first-order valence-corrected chi connectivity index (χ1v) is 9.51. The molecule has 0 N–H and O–H groups in total. The average Bonchev–Trinajstić information content (AvgIpc) is 3.22. The van der Waals surface area contributed by atoms with Gasteiger partial charge in [0.05, 0.1) is 22.5 Å². The largest absolute Gasteiger partial charge is 0.545 e. The van der Waals surface area contributed by atoms with Gasteiger partial charge in [-0.3, -0.25) is 19.3 Å². The van der Waals surface area contributed by atoms with Gasteiger partial charge in [0.25, 0.3) is 11.1 Å². The van der Waals surface area contributed by atoms with Crippen molar-refractivity contribution in [1.82, 2.24) is 4.90 Å². The van der Waals surface area contributed by atoms with E-state index in [1.54, 1.807) is 13.0 Å². The molecule has 29 heavy (non-hydrogen) atoms. The van der Waals surface area contributed by atoms with Crippen molar-refractivity contribution in [3.8, 4) is 11.3 Å². The lowest BCUT2D eigenvalue weighted by Gasteiger charge is -2.10. The van der Waals surface area contributed by atoms with Crippen molar-refractivity contribution in [3.05, 3.63) is 51.6 Å². The van der Waals surface area contributed by atoms with Gasteiger partial charge in [0, 0.05) is 11.6 Å². The third-order valence-corrected chi connectivity index (χ3v) is 5.07. The molecule has 2 aromatic rings. The summed E-state index contributed by atoms with van der Waals surface area (Å²) in [4.78, 5) is 47.9. The molecule has 3 rings (SSSR count). The number of nitrogens with zero attached hydrogens (tertiary/aromatic N) is 1. The molecule has 8 nitrogen and oxygen atoms in total. The molecule has 10 heteroatoms. The fourth-order valence-corrected chi connectivity index (χ4v) is 3.55. The molecule has 0 bridgehead atoms. The number of imide groups is 1. The molecule has 1 aliphatic rings. The standard InChI is InChI=1S/C19H14ClNO7S/c1-2-27-16(22)9-21-17(23)15(29-19(21)26)8-11-4-6-14(28-11)12-7-10(18(24)25)3-5-13(12)20/h3-8H,2,9H2,1H3,(H,24,25)/p-1/b15-8-. The number of thioether (sulfide) groups is 1. The van der Waals surface area contributed by atoms with E-state index in [0.717, 1.165) is 4.90 Å². The number of carbonyl (C=O) groups is 4. The zero-order valence-corrected chi connectivity index (χ0v) is 16.5. The molecule has 0 saturated carbocycles. The highest BCUT2D eigenvalue weighted by Crippen LogP contribution is 2.34. The zero-order valence-electron chi connectivity index (χ0n) is 15.0. The normalized spacial score (nSPS) is 15.2. The van der Waals surface area contributed by atoms with E-state index in [0.29, 0.717) is 17.3 Å². The van der Waals surface area contributed by atoms with Gasteiger partial charge in [0.1, 0.15) is 18.1 Å². The van der Waals surface area contributed by atoms with Crippen molar-refractivity contribution in [1.29, 1.82) is 0 Å². The Hall–Kier alpha value is -3.04. The number of rotatable bonds is 6. The van der Waals surface area contributed by atoms with Crippen molar-refractivity contribution in [2.45, 2.75) is 6.92 Å². The Morgan fingerprint density at radius 2 is 2.03 bits per heavy atom. The average molecular weight is 435 g/mol. The van der Waals surface area contributed by atoms with Crippen LogP contribution < -0.4 is 5.11 Å². The quantitative estimate of drug-likeness (QED) is 0.503. The van der Waals surface area contributed by atoms with Crippen LogP contribution >= 0.6 is 23.4 Å². The second-order valence-electron chi connectivity index (χ2n) is 5.76. The van der Waals surface area contributed by atoms with E-state index in [1.165, 1.54) is 30.3 Å². The van der Waals surface area contributed by atoms with Crippen LogP contribution in [0.1, 0.15) is 23.0 Å². The molecule has 0 aliphatic carbocycles. The van der Waals surface area contributed by atoms with Gasteiger partial charge in [-0.2, -0.15) is 0 Å². The van der Waals surface area contributed by atoms with Crippen LogP contribution in [0.15, 0.2) is 39.7 Å². The summed E-state index contributed by atoms with van der Waals surface area (Å²) in [6.07, 6.45) is 1.36. The van der Waals surface area contributed by atoms with Gasteiger partial charge in [-0.15, -0.1) is 0 Å². The number of halogens is 1. The summed E-state index contributed by atoms with van der Waals surface area (Å²) in [5.41, 5.74) is 0.269. The number of esters is 1. The maximum atomic E-state index is 12.4. The van der Waals surface area contributed by atoms with Crippen LogP contribution in [0.4, 0.5) is 4.79 Å². The van der Waals surface area contributed by atoms with E-state index < -0.39 is 29.6 Å². The van der Waals surface area contributed by atoms with E-state index in [2.05, 4.69) is 0 Å².